The molecule has 1 saturated heterocycles. The standard InChI is InChI=1S/C36H41F6N5O5S/c1-21(2)47-16-13-23(14-17-47)45-27-7-4-6-24-25(19-35(37,38)39)30(53-32(24)27)8-5-15-44-26-10-9-22(18-29(26)52-20-36(40,41)42)33(49)46-28(34(50)51-3)11-12-31(43)48/h4,6-7,9-10,18,21,23,28,44-45H,11-17,19-20H2,1-3H3,(H2,43,48)(H,46,49). The molecule has 1 aliphatic heterocycles. The number of primary amides is 1. The van der Waals surface area contributed by atoms with Crippen molar-refractivity contribution >= 4 is 50.6 Å². The molecular formula is C36H41F6N5O5S. The smallest absolute Gasteiger partial charge is 0.422 e. The van der Waals surface area contributed by atoms with Gasteiger partial charge in [0.1, 0.15) is 11.8 Å². The number of carbonyl (C=O) groups is 3. The van der Waals surface area contributed by atoms with Gasteiger partial charge in [-0.25, -0.2) is 4.79 Å². The van der Waals surface area contributed by atoms with Crippen molar-refractivity contribution in [3.8, 4) is 17.6 Å². The van der Waals surface area contributed by atoms with Crippen molar-refractivity contribution in [1.82, 2.24) is 10.2 Å². The van der Waals surface area contributed by atoms with Gasteiger partial charge in [0.2, 0.25) is 5.91 Å². The average Bonchev–Trinajstić information content (AvgIpc) is 3.43. The lowest BCUT2D eigenvalue weighted by Crippen LogP contribution is -2.42. The minimum Gasteiger partial charge on any atom is -0.482 e. The molecule has 2 aromatic carbocycles. The number of halogens is 6. The maximum absolute atomic E-state index is 13.8. The van der Waals surface area contributed by atoms with Crippen molar-refractivity contribution < 1.29 is 50.2 Å². The number of amides is 2. The lowest BCUT2D eigenvalue weighted by molar-refractivity contribution is -0.153. The predicted molar refractivity (Wildman–Crippen MR) is 190 cm³/mol. The lowest BCUT2D eigenvalue weighted by atomic mass is 10.0. The molecule has 1 unspecified atom stereocenters. The van der Waals surface area contributed by atoms with Crippen molar-refractivity contribution in [2.24, 2.45) is 5.73 Å². The van der Waals surface area contributed by atoms with Crippen LogP contribution >= 0.6 is 11.3 Å². The van der Waals surface area contributed by atoms with Crippen LogP contribution in [0.2, 0.25) is 0 Å². The van der Waals surface area contributed by atoms with E-state index in [0.29, 0.717) is 16.1 Å². The minimum absolute atomic E-state index is 0.0141. The molecular weight excluding hydrogens is 728 g/mol. The number of thiophene rings is 1. The normalized spacial score (nSPS) is 14.7. The molecule has 3 aromatic rings. The van der Waals surface area contributed by atoms with E-state index < -0.39 is 49.2 Å². The van der Waals surface area contributed by atoms with Gasteiger partial charge in [-0.1, -0.05) is 24.0 Å². The van der Waals surface area contributed by atoms with E-state index in [0.717, 1.165) is 56.1 Å². The molecule has 288 valence electrons. The highest BCUT2D eigenvalue weighted by molar-refractivity contribution is 7.20. The van der Waals surface area contributed by atoms with Gasteiger partial charge in [0, 0.05) is 37.2 Å². The van der Waals surface area contributed by atoms with E-state index in [4.69, 9.17) is 10.5 Å². The van der Waals surface area contributed by atoms with Crippen molar-refractivity contribution in [2.45, 2.75) is 76.4 Å². The van der Waals surface area contributed by atoms with Gasteiger partial charge in [-0.3, -0.25) is 9.59 Å². The fraction of sp³-hybridized carbons (Fsp3) is 0.472. The molecule has 1 aliphatic rings. The zero-order valence-corrected chi connectivity index (χ0v) is 30.1. The van der Waals surface area contributed by atoms with Gasteiger partial charge < -0.3 is 36.1 Å². The summed E-state index contributed by atoms with van der Waals surface area (Å²) in [7, 11) is 1.07. The first-order valence-electron chi connectivity index (χ1n) is 16.8. The van der Waals surface area contributed by atoms with Gasteiger partial charge in [0.15, 0.2) is 6.61 Å². The van der Waals surface area contributed by atoms with Crippen molar-refractivity contribution in [2.75, 3.05) is 44.0 Å². The second-order valence-electron chi connectivity index (χ2n) is 12.8. The molecule has 0 spiro atoms. The van der Waals surface area contributed by atoms with Crippen molar-refractivity contribution in [1.29, 1.82) is 0 Å². The SMILES string of the molecule is COC(=O)C(CCC(N)=O)NC(=O)c1ccc(NCC#Cc2sc3c(NC4CCN(C(C)C)CC4)cccc3c2CC(F)(F)F)c(OCC(F)(F)F)c1. The fourth-order valence-corrected chi connectivity index (χ4v) is 6.98. The minimum atomic E-state index is -4.73. The number of esters is 1. The van der Waals surface area contributed by atoms with Gasteiger partial charge in [-0.2, -0.15) is 26.3 Å². The van der Waals surface area contributed by atoms with Gasteiger partial charge in [-0.05, 0) is 68.3 Å². The number of carbonyl (C=O) groups excluding carboxylic acids is 3. The summed E-state index contributed by atoms with van der Waals surface area (Å²) in [5.41, 5.74) is 5.73. The van der Waals surface area contributed by atoms with E-state index in [2.05, 4.69) is 51.3 Å². The van der Waals surface area contributed by atoms with E-state index in [1.54, 1.807) is 12.1 Å². The van der Waals surface area contributed by atoms with E-state index in [1.807, 2.05) is 6.07 Å². The van der Waals surface area contributed by atoms with Gasteiger partial charge >= 0.3 is 18.3 Å². The molecule has 1 atom stereocenters. The first kappa shape index (κ1) is 41.1. The van der Waals surface area contributed by atoms with Gasteiger partial charge in [0.05, 0.1) is 41.0 Å². The Morgan fingerprint density at radius 2 is 1.75 bits per heavy atom. The summed E-state index contributed by atoms with van der Waals surface area (Å²) >= 11 is 1.14. The molecule has 10 nitrogen and oxygen atoms in total. The number of anilines is 2. The maximum Gasteiger partial charge on any atom is 0.422 e. The fourth-order valence-electron chi connectivity index (χ4n) is 5.81. The first-order chi connectivity index (χ1) is 24.9. The number of ether oxygens (including phenoxy) is 2. The van der Waals surface area contributed by atoms with Crippen LogP contribution in [0, 0.1) is 11.8 Å². The Morgan fingerprint density at radius 3 is 2.38 bits per heavy atom. The molecule has 0 aliphatic carbocycles. The summed E-state index contributed by atoms with van der Waals surface area (Å²) in [5.74, 6) is 2.75. The Hall–Kier alpha value is -4.69. The van der Waals surface area contributed by atoms with Crippen LogP contribution in [0.4, 0.5) is 37.7 Å². The number of hydrogen-bond donors (Lipinski definition) is 4. The van der Waals surface area contributed by atoms with E-state index in [-0.39, 0.29) is 52.9 Å². The predicted octanol–water partition coefficient (Wildman–Crippen LogP) is 6.23. The Morgan fingerprint density at radius 1 is 1.04 bits per heavy atom. The zero-order valence-electron chi connectivity index (χ0n) is 29.3. The number of likely N-dealkylation sites (tertiary alicyclic amines) is 1. The quantitative estimate of drug-likeness (QED) is 0.0862. The summed E-state index contributed by atoms with van der Waals surface area (Å²) in [4.78, 5) is 38.8. The van der Waals surface area contributed by atoms with E-state index in [9.17, 15) is 40.7 Å². The monoisotopic (exact) mass is 769 g/mol. The number of nitrogens with zero attached hydrogens (tertiary/aromatic N) is 1. The molecule has 5 N–H and O–H groups in total. The molecule has 2 amide bonds. The average molecular weight is 770 g/mol. The molecule has 1 fully saturated rings. The number of hydrogen-bond acceptors (Lipinski definition) is 9. The lowest BCUT2D eigenvalue weighted by Gasteiger charge is -2.35. The topological polar surface area (TPSA) is 135 Å². The Bertz CT molecular complexity index is 1830. The van der Waals surface area contributed by atoms with E-state index in [1.165, 1.54) is 12.1 Å². The van der Waals surface area contributed by atoms with Gasteiger partial charge in [0.25, 0.3) is 5.91 Å². The first-order valence-corrected chi connectivity index (χ1v) is 17.6. The number of nitrogens with one attached hydrogen (secondary N) is 3. The highest BCUT2D eigenvalue weighted by atomic mass is 32.1. The molecule has 4 rings (SSSR count). The summed E-state index contributed by atoms with van der Waals surface area (Å²) < 4.78 is 90.8. The molecule has 17 heteroatoms. The zero-order chi connectivity index (χ0) is 38.9. The number of rotatable bonds is 14. The Balaban J connectivity index is 1.56. The molecule has 0 bridgehead atoms. The second-order valence-corrected chi connectivity index (χ2v) is 13.8. The van der Waals surface area contributed by atoms with Crippen LogP contribution in [0.25, 0.3) is 10.1 Å². The van der Waals surface area contributed by atoms with Crippen LogP contribution in [-0.4, -0.2) is 86.5 Å². The number of alkyl halides is 6. The highest BCUT2D eigenvalue weighted by Gasteiger charge is 2.32. The van der Waals surface area contributed by atoms with Crippen LogP contribution in [-0.2, 0) is 20.7 Å². The molecule has 1 aromatic heterocycles. The number of fused-ring (bicyclic) bond motifs is 1. The maximum atomic E-state index is 13.8. The summed E-state index contributed by atoms with van der Waals surface area (Å²) in [6.45, 7) is 4.20. The molecule has 2 heterocycles. The third-order valence-electron chi connectivity index (χ3n) is 8.49. The van der Waals surface area contributed by atoms with Crippen molar-refractivity contribution in [3.63, 3.8) is 0 Å². The highest BCUT2D eigenvalue weighted by Crippen LogP contribution is 2.39. The second kappa shape index (κ2) is 17.9. The van der Waals surface area contributed by atoms with Crippen LogP contribution in [0.5, 0.6) is 5.75 Å². The number of nitrogens with two attached hydrogens (primary N) is 1. The molecule has 53 heavy (non-hydrogen) atoms. The molecule has 0 saturated carbocycles. The Labute approximate surface area is 306 Å². The van der Waals surface area contributed by atoms with Crippen LogP contribution < -0.4 is 26.4 Å². The summed E-state index contributed by atoms with van der Waals surface area (Å²) in [5, 5.41) is 9.14. The third kappa shape index (κ3) is 12.2. The number of benzene rings is 2. The van der Waals surface area contributed by atoms with Crippen LogP contribution in [0.15, 0.2) is 36.4 Å². The Kier molecular flexibility index (Phi) is 13.9. The number of methoxy groups -OCH3 is 1. The van der Waals surface area contributed by atoms with Gasteiger partial charge in [-0.15, -0.1) is 11.3 Å². The summed E-state index contributed by atoms with van der Waals surface area (Å²) in [6, 6.07) is 8.04. The number of piperidine rings is 1. The summed E-state index contributed by atoms with van der Waals surface area (Å²) in [6.07, 6.45) is -9.08. The largest absolute Gasteiger partial charge is 0.482 e. The third-order valence-corrected chi connectivity index (χ3v) is 9.69. The van der Waals surface area contributed by atoms with E-state index >= 15 is 0 Å². The van der Waals surface area contributed by atoms with Crippen molar-refractivity contribution in [3.05, 3.63) is 52.4 Å². The van der Waals surface area contributed by atoms with Crippen LogP contribution in [0.1, 0.15) is 60.3 Å². The molecule has 0 radical (unpaired) electrons. The van der Waals surface area contributed by atoms with Crippen LogP contribution in [0.3, 0.4) is 0 Å².